The van der Waals surface area contributed by atoms with E-state index in [0.717, 1.165) is 24.9 Å². The van der Waals surface area contributed by atoms with Crippen LogP contribution in [-0.4, -0.2) is 43.5 Å². The number of rotatable bonds is 8. The van der Waals surface area contributed by atoms with Crippen LogP contribution in [0.3, 0.4) is 0 Å². The molecule has 0 spiro atoms. The van der Waals surface area contributed by atoms with E-state index < -0.39 is 33.4 Å². The van der Waals surface area contributed by atoms with E-state index in [1.807, 2.05) is 0 Å². The number of halogens is 6. The largest absolute Gasteiger partial charge is 0.472 e. The molecule has 0 heterocycles. The fraction of sp³-hybridized carbons (Fsp3) is 1.00. The normalized spacial score (nSPS) is 13.2. The van der Waals surface area contributed by atoms with Gasteiger partial charge in [0.2, 0.25) is 0 Å². The lowest BCUT2D eigenvalue weighted by molar-refractivity contribution is -0.169. The SMILES string of the molecule is CC(C)CNCC(C)C.O=P(O)(OCC(F)(F)F)OCC(F)(F)F. The number of phosphoric ester groups is 1. The molecule has 2 N–H and O–H groups in total. The van der Waals surface area contributed by atoms with Crippen LogP contribution < -0.4 is 5.32 Å². The number of alkyl halides is 6. The van der Waals surface area contributed by atoms with Crippen LogP contribution in [0, 0.1) is 11.8 Å². The molecule has 24 heavy (non-hydrogen) atoms. The molecule has 5 nitrogen and oxygen atoms in total. The first-order valence-corrected chi connectivity index (χ1v) is 8.49. The summed E-state index contributed by atoms with van der Waals surface area (Å²) in [5, 5.41) is 3.38. The van der Waals surface area contributed by atoms with Gasteiger partial charge in [0.05, 0.1) is 0 Å². The molecule has 0 aromatic rings. The second-order valence-electron chi connectivity index (χ2n) is 5.69. The van der Waals surface area contributed by atoms with Gasteiger partial charge >= 0.3 is 20.2 Å². The minimum atomic E-state index is -5.33. The smallest absolute Gasteiger partial charge is 0.316 e. The Kier molecular flexibility index (Phi) is 12.2. The second kappa shape index (κ2) is 11.3. The van der Waals surface area contributed by atoms with Gasteiger partial charge in [0, 0.05) is 0 Å². The molecule has 0 saturated carbocycles. The van der Waals surface area contributed by atoms with Gasteiger partial charge in [-0.3, -0.25) is 9.05 Å². The molecule has 0 saturated heterocycles. The molecule has 0 radical (unpaired) electrons. The monoisotopic (exact) mass is 391 g/mol. The zero-order valence-electron chi connectivity index (χ0n) is 13.9. The van der Waals surface area contributed by atoms with Crippen LogP contribution >= 0.6 is 7.82 Å². The molecule has 0 amide bonds. The minimum Gasteiger partial charge on any atom is -0.316 e. The quantitative estimate of drug-likeness (QED) is 0.481. The van der Waals surface area contributed by atoms with Gasteiger partial charge in [-0.05, 0) is 24.9 Å². The van der Waals surface area contributed by atoms with Crippen molar-refractivity contribution in [3.63, 3.8) is 0 Å². The standard InChI is InChI=1S/C8H19N.C4H5F6O4P/c1-7(2)5-9-6-8(3)4;5-3(6,7)1-13-15(11,12)14-2-4(8,9)10/h7-9H,5-6H2,1-4H3;1-2H2,(H,11,12). The fourth-order valence-electron chi connectivity index (χ4n) is 1.01. The number of nitrogens with one attached hydrogen (secondary N) is 1. The highest BCUT2D eigenvalue weighted by atomic mass is 31.2. The first-order valence-electron chi connectivity index (χ1n) is 7.00. The predicted molar refractivity (Wildman–Crippen MR) is 76.4 cm³/mol. The van der Waals surface area contributed by atoms with Gasteiger partial charge in [-0.2, -0.15) is 26.3 Å². The van der Waals surface area contributed by atoms with Crippen LogP contribution in [0.4, 0.5) is 26.3 Å². The summed E-state index contributed by atoms with van der Waals surface area (Å²) in [5.41, 5.74) is 0. The highest BCUT2D eigenvalue weighted by molar-refractivity contribution is 7.47. The molecular formula is C12H24F6NO4P. The van der Waals surface area contributed by atoms with Crippen molar-refractivity contribution in [1.29, 1.82) is 0 Å². The summed E-state index contributed by atoms with van der Waals surface area (Å²) in [6, 6.07) is 0. The molecule has 0 aromatic heterocycles. The topological polar surface area (TPSA) is 67.8 Å². The lowest BCUT2D eigenvalue weighted by Gasteiger charge is -2.14. The maximum atomic E-state index is 11.4. The van der Waals surface area contributed by atoms with Gasteiger partial charge in [0.25, 0.3) is 0 Å². The zero-order valence-corrected chi connectivity index (χ0v) is 14.8. The molecule has 0 atom stereocenters. The summed E-state index contributed by atoms with van der Waals surface area (Å²) in [6.45, 7) is 6.88. The van der Waals surface area contributed by atoms with Crippen molar-refractivity contribution in [3.8, 4) is 0 Å². The van der Waals surface area contributed by atoms with E-state index in [0.29, 0.717) is 0 Å². The Morgan fingerprint density at radius 1 is 0.875 bits per heavy atom. The van der Waals surface area contributed by atoms with E-state index >= 15 is 0 Å². The first kappa shape index (κ1) is 25.9. The van der Waals surface area contributed by atoms with Crippen molar-refractivity contribution in [2.75, 3.05) is 26.3 Å². The van der Waals surface area contributed by atoms with Crippen molar-refractivity contribution >= 4 is 7.82 Å². The van der Waals surface area contributed by atoms with Crippen molar-refractivity contribution in [3.05, 3.63) is 0 Å². The molecule has 0 unspecified atom stereocenters. The van der Waals surface area contributed by atoms with Crippen LogP contribution in [0.2, 0.25) is 0 Å². The van der Waals surface area contributed by atoms with Gasteiger partial charge < -0.3 is 10.2 Å². The van der Waals surface area contributed by atoms with E-state index in [2.05, 4.69) is 42.1 Å². The first-order chi connectivity index (χ1) is 10.5. The number of hydrogen-bond donors (Lipinski definition) is 2. The number of phosphoric acid groups is 1. The maximum Gasteiger partial charge on any atom is 0.472 e. The third kappa shape index (κ3) is 23.9. The second-order valence-corrected chi connectivity index (χ2v) is 7.15. The zero-order chi connectivity index (χ0) is 19.6. The molecule has 12 heteroatoms. The minimum absolute atomic E-state index is 0.781. The fourth-order valence-corrected chi connectivity index (χ4v) is 1.70. The summed E-state index contributed by atoms with van der Waals surface area (Å²) in [6.07, 6.45) is -9.86. The lowest BCUT2D eigenvalue weighted by Crippen LogP contribution is -2.23. The summed E-state index contributed by atoms with van der Waals surface area (Å²) >= 11 is 0. The highest BCUT2D eigenvalue weighted by Crippen LogP contribution is 2.45. The van der Waals surface area contributed by atoms with Crippen LogP contribution in [0.1, 0.15) is 27.7 Å². The molecule has 0 fully saturated rings. The molecule has 0 aliphatic heterocycles. The Balaban J connectivity index is 0. The molecule has 0 aliphatic rings. The van der Waals surface area contributed by atoms with E-state index in [-0.39, 0.29) is 0 Å². The lowest BCUT2D eigenvalue weighted by atomic mass is 10.2. The molecular weight excluding hydrogens is 367 g/mol. The van der Waals surface area contributed by atoms with Crippen LogP contribution in [0.15, 0.2) is 0 Å². The van der Waals surface area contributed by atoms with E-state index in [4.69, 9.17) is 4.89 Å². The summed E-state index contributed by atoms with van der Waals surface area (Å²) < 4.78 is 85.5. The van der Waals surface area contributed by atoms with Crippen molar-refractivity contribution in [2.24, 2.45) is 11.8 Å². The van der Waals surface area contributed by atoms with Crippen LogP contribution in [0.5, 0.6) is 0 Å². The van der Waals surface area contributed by atoms with Crippen molar-refractivity contribution < 1.29 is 44.8 Å². The third-order valence-corrected chi connectivity index (χ3v) is 2.80. The summed E-state index contributed by atoms with van der Waals surface area (Å²) in [5.74, 6) is 1.56. The highest BCUT2D eigenvalue weighted by Gasteiger charge is 2.37. The third-order valence-electron chi connectivity index (χ3n) is 1.89. The van der Waals surface area contributed by atoms with Crippen molar-refractivity contribution in [2.45, 2.75) is 40.0 Å². The van der Waals surface area contributed by atoms with Gasteiger partial charge in [-0.25, -0.2) is 4.57 Å². The number of hydrogen-bond acceptors (Lipinski definition) is 4. The Morgan fingerprint density at radius 2 is 1.17 bits per heavy atom. The molecule has 0 aliphatic carbocycles. The van der Waals surface area contributed by atoms with Gasteiger partial charge in [0.15, 0.2) is 13.2 Å². The van der Waals surface area contributed by atoms with Crippen molar-refractivity contribution in [1.82, 2.24) is 5.32 Å². The molecule has 0 bridgehead atoms. The van der Waals surface area contributed by atoms with E-state index in [1.165, 1.54) is 0 Å². The molecule has 0 rings (SSSR count). The average molecular weight is 391 g/mol. The molecule has 148 valence electrons. The Hall–Kier alpha value is -0.350. The summed E-state index contributed by atoms with van der Waals surface area (Å²) in [7, 11) is -5.33. The summed E-state index contributed by atoms with van der Waals surface area (Å²) in [4.78, 5) is 8.35. The Bertz CT molecular complexity index is 344. The van der Waals surface area contributed by atoms with Gasteiger partial charge in [-0.1, -0.05) is 27.7 Å². The molecule has 0 aromatic carbocycles. The van der Waals surface area contributed by atoms with Gasteiger partial charge in [0.1, 0.15) is 0 Å². The average Bonchev–Trinajstić information content (AvgIpc) is 2.33. The predicted octanol–water partition coefficient (Wildman–Crippen LogP) is 4.13. The Morgan fingerprint density at radius 3 is 1.38 bits per heavy atom. The van der Waals surface area contributed by atoms with E-state index in [1.54, 1.807) is 0 Å². The Labute approximate surface area is 137 Å². The maximum absolute atomic E-state index is 11.4. The van der Waals surface area contributed by atoms with Crippen LogP contribution in [0.25, 0.3) is 0 Å². The van der Waals surface area contributed by atoms with Gasteiger partial charge in [-0.15, -0.1) is 0 Å². The van der Waals surface area contributed by atoms with E-state index in [9.17, 15) is 30.9 Å². The van der Waals surface area contributed by atoms with Crippen LogP contribution in [-0.2, 0) is 13.6 Å².